The summed E-state index contributed by atoms with van der Waals surface area (Å²) in [5.41, 5.74) is 4.07. The first kappa shape index (κ1) is 25.6. The van der Waals surface area contributed by atoms with Crippen LogP contribution in [0.3, 0.4) is 0 Å². The Morgan fingerprint density at radius 1 is 1.07 bits per heavy atom. The van der Waals surface area contributed by atoms with E-state index in [9.17, 15) is 14.0 Å². The van der Waals surface area contributed by atoms with Crippen molar-refractivity contribution in [2.24, 2.45) is 0 Å². The van der Waals surface area contributed by atoms with Crippen molar-refractivity contribution in [1.29, 1.82) is 0 Å². The second-order valence-electron chi connectivity index (χ2n) is 10.0. The van der Waals surface area contributed by atoms with Crippen LogP contribution in [0.2, 0.25) is 0 Å². The van der Waals surface area contributed by atoms with E-state index in [-0.39, 0.29) is 29.7 Å². The van der Waals surface area contributed by atoms with Crippen molar-refractivity contribution in [3.8, 4) is 17.2 Å². The molecule has 4 aromatic rings. The fourth-order valence-electron chi connectivity index (χ4n) is 5.23. The lowest BCUT2D eigenvalue weighted by atomic mass is 9.87. The van der Waals surface area contributed by atoms with E-state index in [4.69, 9.17) is 14.0 Å². The van der Waals surface area contributed by atoms with Gasteiger partial charge in [0.1, 0.15) is 11.5 Å². The fourth-order valence-corrected chi connectivity index (χ4v) is 5.23. The van der Waals surface area contributed by atoms with Gasteiger partial charge in [0.15, 0.2) is 11.6 Å². The molecule has 0 saturated heterocycles. The highest BCUT2D eigenvalue weighted by Gasteiger charge is 2.34. The Kier molecular flexibility index (Phi) is 6.94. The summed E-state index contributed by atoms with van der Waals surface area (Å²) in [7, 11) is 0. The van der Waals surface area contributed by atoms with Gasteiger partial charge in [0, 0.05) is 19.2 Å². The molecule has 0 saturated carbocycles. The minimum absolute atomic E-state index is 0.0501. The topological polar surface area (TPSA) is 93.9 Å². The van der Waals surface area contributed by atoms with E-state index in [1.54, 1.807) is 36.1 Å². The number of aromatic nitrogens is 1. The maximum Gasteiger partial charge on any atom is 0.293 e. The van der Waals surface area contributed by atoms with Gasteiger partial charge in [-0.1, -0.05) is 29.4 Å². The lowest BCUT2D eigenvalue weighted by Crippen LogP contribution is -2.40. The highest BCUT2D eigenvalue weighted by molar-refractivity contribution is 5.92. The number of rotatable bonds is 1. The van der Waals surface area contributed by atoms with E-state index < -0.39 is 11.9 Å². The SMILES string of the molecule is Cc1cc(C(=O)N2CCc3cc4ccc3C2c2cccc(c2)OCCCNC(=O)Cc2ccc(F)c(c2)O4)on1. The van der Waals surface area contributed by atoms with Crippen LogP contribution in [0.15, 0.2) is 71.3 Å². The maximum atomic E-state index is 14.7. The highest BCUT2D eigenvalue weighted by atomic mass is 19.1. The number of carbonyl (C=O) groups is 2. The summed E-state index contributed by atoms with van der Waals surface area (Å²) in [4.78, 5) is 27.8. The maximum absolute atomic E-state index is 14.7. The molecular weight excluding hydrogens is 513 g/mol. The third-order valence-corrected chi connectivity index (χ3v) is 7.12. The molecule has 3 aliphatic heterocycles. The number of nitrogens with one attached hydrogen (secondary N) is 1. The van der Waals surface area contributed by atoms with E-state index >= 15 is 0 Å². The highest BCUT2D eigenvalue weighted by Crippen LogP contribution is 2.39. The zero-order valence-corrected chi connectivity index (χ0v) is 22.0. The Bertz CT molecular complexity index is 1580. The quantitative estimate of drug-likeness (QED) is 0.359. The van der Waals surface area contributed by atoms with Gasteiger partial charge in [-0.2, -0.15) is 0 Å². The van der Waals surface area contributed by atoms with Crippen LogP contribution in [-0.4, -0.2) is 41.6 Å². The molecule has 40 heavy (non-hydrogen) atoms. The van der Waals surface area contributed by atoms with E-state index in [2.05, 4.69) is 10.5 Å². The Balaban J connectivity index is 1.42. The van der Waals surface area contributed by atoms with Crippen molar-refractivity contribution in [2.45, 2.75) is 32.2 Å². The molecule has 0 aliphatic carbocycles. The number of ether oxygens (including phenoxy) is 2. The second kappa shape index (κ2) is 10.8. The molecule has 0 radical (unpaired) electrons. The summed E-state index contributed by atoms with van der Waals surface area (Å²) in [6.07, 6.45) is 1.29. The van der Waals surface area contributed by atoms with Crippen molar-refractivity contribution in [2.75, 3.05) is 19.7 Å². The molecule has 8 bridgehead atoms. The van der Waals surface area contributed by atoms with Gasteiger partial charge in [-0.25, -0.2) is 4.39 Å². The number of fused-ring (bicyclic) bond motifs is 7. The van der Waals surface area contributed by atoms with Gasteiger partial charge in [-0.3, -0.25) is 9.59 Å². The summed E-state index contributed by atoms with van der Waals surface area (Å²) in [5, 5.41) is 6.77. The number of hydrogen-bond donors (Lipinski definition) is 1. The number of carbonyl (C=O) groups excluding carboxylic acids is 2. The molecule has 7 rings (SSSR count). The molecule has 8 nitrogen and oxygen atoms in total. The number of aryl methyl sites for hydroxylation is 1. The summed E-state index contributed by atoms with van der Waals surface area (Å²) >= 11 is 0. The number of amides is 2. The Morgan fingerprint density at radius 3 is 2.83 bits per heavy atom. The number of hydrogen-bond acceptors (Lipinski definition) is 6. The molecule has 3 aliphatic rings. The zero-order valence-electron chi connectivity index (χ0n) is 22.0. The van der Waals surface area contributed by atoms with Crippen LogP contribution in [0.25, 0.3) is 0 Å². The molecular formula is C31H28FN3O5. The van der Waals surface area contributed by atoms with Gasteiger partial charge in [0.05, 0.1) is 24.8 Å². The lowest BCUT2D eigenvalue weighted by molar-refractivity contribution is -0.120. The smallest absolute Gasteiger partial charge is 0.293 e. The number of benzene rings is 3. The molecule has 1 aromatic heterocycles. The van der Waals surface area contributed by atoms with Crippen LogP contribution in [0, 0.1) is 12.7 Å². The third-order valence-electron chi connectivity index (χ3n) is 7.12. The monoisotopic (exact) mass is 541 g/mol. The average molecular weight is 542 g/mol. The van der Waals surface area contributed by atoms with Crippen molar-refractivity contribution in [1.82, 2.24) is 15.4 Å². The molecule has 1 unspecified atom stereocenters. The van der Waals surface area contributed by atoms with Gasteiger partial charge in [-0.15, -0.1) is 0 Å². The molecule has 1 atom stereocenters. The first-order valence-corrected chi connectivity index (χ1v) is 13.3. The first-order valence-electron chi connectivity index (χ1n) is 13.3. The summed E-state index contributed by atoms with van der Waals surface area (Å²) in [6.45, 7) is 3.06. The van der Waals surface area contributed by atoms with E-state index in [1.807, 2.05) is 36.4 Å². The number of nitrogens with zero attached hydrogens (tertiary/aromatic N) is 2. The number of halogens is 1. The van der Waals surface area contributed by atoms with Gasteiger partial charge >= 0.3 is 0 Å². The third kappa shape index (κ3) is 5.27. The van der Waals surface area contributed by atoms with Gasteiger partial charge < -0.3 is 24.2 Å². The predicted octanol–water partition coefficient (Wildman–Crippen LogP) is 5.14. The Morgan fingerprint density at radius 2 is 1.98 bits per heavy atom. The minimum atomic E-state index is -0.515. The zero-order chi connectivity index (χ0) is 27.6. The largest absolute Gasteiger partial charge is 0.494 e. The van der Waals surface area contributed by atoms with Crippen LogP contribution >= 0.6 is 0 Å². The molecule has 0 fully saturated rings. The minimum Gasteiger partial charge on any atom is -0.494 e. The van der Waals surface area contributed by atoms with Crippen LogP contribution in [-0.2, 0) is 17.6 Å². The molecule has 204 valence electrons. The van der Waals surface area contributed by atoms with Crippen LogP contribution in [0.1, 0.15) is 51.0 Å². The standard InChI is InChI=1S/C31H28FN3O5/c1-19-14-28(40-34-19)31(37)35-12-10-21-17-24-7-8-25(21)30(35)22-4-2-5-23(18-22)38-13-3-11-33-29(36)16-20-6-9-26(32)27(15-20)39-24/h2,4-9,14-15,17-18,30H,3,10-13,16H2,1H3,(H,33,36). The predicted molar refractivity (Wildman–Crippen MR) is 144 cm³/mol. The van der Waals surface area contributed by atoms with E-state index in [1.165, 1.54) is 6.07 Å². The summed E-state index contributed by atoms with van der Waals surface area (Å²) in [5.74, 6) is 0.441. The fraction of sp³-hybridized carbons (Fsp3) is 0.258. The van der Waals surface area contributed by atoms with Gasteiger partial charge in [0.25, 0.3) is 5.91 Å². The first-order chi connectivity index (χ1) is 19.4. The van der Waals surface area contributed by atoms with Crippen LogP contribution < -0.4 is 14.8 Å². The van der Waals surface area contributed by atoms with Crippen LogP contribution in [0.4, 0.5) is 4.39 Å². The van der Waals surface area contributed by atoms with E-state index in [0.29, 0.717) is 55.3 Å². The van der Waals surface area contributed by atoms with Gasteiger partial charge in [0.2, 0.25) is 11.7 Å². The molecule has 1 N–H and O–H groups in total. The Labute approximate surface area is 230 Å². The molecule has 4 heterocycles. The van der Waals surface area contributed by atoms with Crippen molar-refractivity contribution in [3.63, 3.8) is 0 Å². The molecule has 2 amide bonds. The molecule has 9 heteroatoms. The van der Waals surface area contributed by atoms with E-state index in [0.717, 1.165) is 16.7 Å². The lowest BCUT2D eigenvalue weighted by Gasteiger charge is -2.37. The Hall–Kier alpha value is -4.66. The van der Waals surface area contributed by atoms with Gasteiger partial charge in [-0.05, 0) is 78.4 Å². The summed E-state index contributed by atoms with van der Waals surface area (Å²) < 4.78 is 32.0. The van der Waals surface area contributed by atoms with Crippen molar-refractivity contribution >= 4 is 11.8 Å². The second-order valence-corrected chi connectivity index (χ2v) is 10.0. The normalized spacial score (nSPS) is 17.1. The average Bonchev–Trinajstić information content (AvgIpc) is 3.39. The van der Waals surface area contributed by atoms with Crippen molar-refractivity contribution in [3.05, 3.63) is 106 Å². The summed E-state index contributed by atoms with van der Waals surface area (Å²) in [6, 6.07) is 18.9. The molecule has 0 spiro atoms. The van der Waals surface area contributed by atoms with Crippen molar-refractivity contribution < 1.29 is 28.0 Å². The molecule has 3 aromatic carbocycles. The van der Waals surface area contributed by atoms with Crippen LogP contribution in [0.5, 0.6) is 17.2 Å².